The van der Waals surface area contributed by atoms with Crippen LogP contribution in [-0.2, 0) is 11.3 Å². The fourth-order valence-electron chi connectivity index (χ4n) is 2.74. The smallest absolute Gasteiger partial charge is 0.345 e. The molecule has 0 aliphatic rings. The Morgan fingerprint density at radius 1 is 1.19 bits per heavy atom. The maximum Gasteiger partial charge on any atom is 0.345 e. The molecule has 0 amide bonds. The summed E-state index contributed by atoms with van der Waals surface area (Å²) in [6.07, 6.45) is 0. The predicted octanol–water partition coefficient (Wildman–Crippen LogP) is 3.68. The van der Waals surface area contributed by atoms with Crippen LogP contribution in [0.25, 0.3) is 11.0 Å². The van der Waals surface area contributed by atoms with Crippen LogP contribution in [0.4, 0.5) is 5.69 Å². The fraction of sp³-hybridized carbons (Fsp3) is 0.158. The summed E-state index contributed by atoms with van der Waals surface area (Å²) in [5.74, 6) is -0.825. The molecule has 0 N–H and O–H groups in total. The second kappa shape index (κ2) is 6.79. The second-order valence-electron chi connectivity index (χ2n) is 5.89. The van der Waals surface area contributed by atoms with Gasteiger partial charge in [-0.25, -0.2) is 9.59 Å². The Labute approximate surface area is 148 Å². The van der Waals surface area contributed by atoms with Gasteiger partial charge in [-0.1, -0.05) is 24.3 Å². The molecular weight excluding hydrogens is 338 g/mol. The lowest BCUT2D eigenvalue weighted by molar-refractivity contribution is -0.385. The summed E-state index contributed by atoms with van der Waals surface area (Å²) in [6, 6.07) is 11.0. The molecule has 1 aromatic heterocycles. The van der Waals surface area contributed by atoms with Crippen molar-refractivity contribution in [3.63, 3.8) is 0 Å². The SMILES string of the molecule is Cc1ccc2c(COC(=O)c3cccc(C)c3[N+](=O)[O-])cc(=O)oc2c1. The van der Waals surface area contributed by atoms with Crippen molar-refractivity contribution in [3.8, 4) is 0 Å². The van der Waals surface area contributed by atoms with Gasteiger partial charge in [0.05, 0.1) is 4.92 Å². The number of benzene rings is 2. The Kier molecular flexibility index (Phi) is 4.53. The molecule has 0 aliphatic carbocycles. The summed E-state index contributed by atoms with van der Waals surface area (Å²) < 4.78 is 10.4. The maximum absolute atomic E-state index is 12.3. The first-order valence-corrected chi connectivity index (χ1v) is 7.81. The topological polar surface area (TPSA) is 99.6 Å². The van der Waals surface area contributed by atoms with Crippen LogP contribution in [0.5, 0.6) is 0 Å². The van der Waals surface area contributed by atoms with Crippen LogP contribution < -0.4 is 5.63 Å². The predicted molar refractivity (Wildman–Crippen MR) is 94.2 cm³/mol. The monoisotopic (exact) mass is 353 g/mol. The molecule has 1 heterocycles. The zero-order valence-electron chi connectivity index (χ0n) is 14.1. The first-order valence-electron chi connectivity index (χ1n) is 7.81. The average molecular weight is 353 g/mol. The van der Waals surface area contributed by atoms with E-state index in [2.05, 4.69) is 0 Å². The molecule has 0 atom stereocenters. The number of rotatable bonds is 4. The van der Waals surface area contributed by atoms with Crippen molar-refractivity contribution in [3.05, 3.63) is 85.3 Å². The van der Waals surface area contributed by atoms with E-state index in [0.717, 1.165) is 5.56 Å². The van der Waals surface area contributed by atoms with Crippen molar-refractivity contribution in [1.29, 1.82) is 0 Å². The van der Waals surface area contributed by atoms with Crippen LogP contribution in [-0.4, -0.2) is 10.9 Å². The molecule has 2 aromatic carbocycles. The van der Waals surface area contributed by atoms with Gasteiger partial charge in [0.2, 0.25) is 0 Å². The first-order chi connectivity index (χ1) is 12.4. The number of esters is 1. The third kappa shape index (κ3) is 3.32. The Morgan fingerprint density at radius 3 is 2.69 bits per heavy atom. The first kappa shape index (κ1) is 17.3. The third-order valence-corrected chi connectivity index (χ3v) is 3.98. The van der Waals surface area contributed by atoms with Crippen molar-refractivity contribution in [1.82, 2.24) is 0 Å². The summed E-state index contributed by atoms with van der Waals surface area (Å²) in [4.78, 5) is 34.7. The number of nitro benzene ring substituents is 1. The molecule has 0 radical (unpaired) electrons. The number of hydrogen-bond acceptors (Lipinski definition) is 6. The standard InChI is InChI=1S/C19H15NO6/c1-11-6-7-14-13(9-17(21)26-16(14)8-11)10-25-19(22)15-5-3-4-12(2)18(15)20(23)24/h3-9H,10H2,1-2H3. The highest BCUT2D eigenvalue weighted by molar-refractivity contribution is 5.94. The molecule has 0 spiro atoms. The lowest BCUT2D eigenvalue weighted by Crippen LogP contribution is -2.10. The number of carbonyl (C=O) groups excluding carboxylic acids is 1. The lowest BCUT2D eigenvalue weighted by atomic mass is 10.1. The summed E-state index contributed by atoms with van der Waals surface area (Å²) in [5.41, 5.74) is 1.18. The van der Waals surface area contributed by atoms with Crippen molar-refractivity contribution in [2.45, 2.75) is 20.5 Å². The molecule has 0 aliphatic heterocycles. The van der Waals surface area contributed by atoms with Gasteiger partial charge in [-0.3, -0.25) is 10.1 Å². The van der Waals surface area contributed by atoms with E-state index < -0.39 is 16.5 Å². The van der Waals surface area contributed by atoms with Gasteiger partial charge < -0.3 is 9.15 Å². The molecule has 7 heteroatoms. The van der Waals surface area contributed by atoms with Gasteiger partial charge in [0.1, 0.15) is 17.8 Å². The maximum atomic E-state index is 12.3. The van der Waals surface area contributed by atoms with Crippen LogP contribution in [0.15, 0.2) is 51.7 Å². The summed E-state index contributed by atoms with van der Waals surface area (Å²) in [7, 11) is 0. The van der Waals surface area contributed by atoms with Crippen LogP contribution in [0.3, 0.4) is 0 Å². The van der Waals surface area contributed by atoms with E-state index in [-0.39, 0.29) is 17.9 Å². The van der Waals surface area contributed by atoms with Gasteiger partial charge >= 0.3 is 11.6 Å². The molecule has 0 bridgehead atoms. The van der Waals surface area contributed by atoms with Gasteiger partial charge in [-0.15, -0.1) is 0 Å². The van der Waals surface area contributed by atoms with Crippen LogP contribution in [0.2, 0.25) is 0 Å². The van der Waals surface area contributed by atoms with Gasteiger partial charge in [-0.05, 0) is 31.5 Å². The highest BCUT2D eigenvalue weighted by atomic mass is 16.6. The number of nitro groups is 1. The van der Waals surface area contributed by atoms with Gasteiger partial charge in [-0.2, -0.15) is 0 Å². The largest absolute Gasteiger partial charge is 0.457 e. The highest BCUT2D eigenvalue weighted by Crippen LogP contribution is 2.25. The number of hydrogen-bond donors (Lipinski definition) is 0. The van der Waals surface area contributed by atoms with Crippen LogP contribution in [0.1, 0.15) is 27.0 Å². The zero-order valence-corrected chi connectivity index (χ0v) is 14.1. The lowest BCUT2D eigenvalue weighted by Gasteiger charge is -2.08. The Hall–Kier alpha value is -3.48. The molecular formula is C19H15NO6. The minimum absolute atomic E-state index is 0.127. The van der Waals surface area contributed by atoms with Crippen molar-refractivity contribution in [2.75, 3.05) is 0 Å². The molecule has 0 saturated heterocycles. The average Bonchev–Trinajstić information content (AvgIpc) is 2.58. The quantitative estimate of drug-likeness (QED) is 0.307. The summed E-state index contributed by atoms with van der Waals surface area (Å²) in [5, 5.41) is 11.9. The number of nitrogens with zero attached hydrogens (tertiary/aromatic N) is 1. The van der Waals surface area contributed by atoms with Gasteiger partial charge in [0.15, 0.2) is 0 Å². The van der Waals surface area contributed by atoms with Crippen molar-refractivity contribution in [2.24, 2.45) is 0 Å². The van der Waals surface area contributed by atoms with Crippen molar-refractivity contribution < 1.29 is 18.9 Å². The molecule has 0 saturated carbocycles. The molecule has 3 aromatic rings. The van der Waals surface area contributed by atoms with E-state index in [4.69, 9.17) is 9.15 Å². The minimum Gasteiger partial charge on any atom is -0.457 e. The molecule has 7 nitrogen and oxygen atoms in total. The van der Waals surface area contributed by atoms with Crippen LogP contribution in [0, 0.1) is 24.0 Å². The van der Waals surface area contributed by atoms with E-state index in [1.165, 1.54) is 12.1 Å². The normalized spacial score (nSPS) is 10.7. The Morgan fingerprint density at radius 2 is 1.96 bits per heavy atom. The van der Waals surface area contributed by atoms with E-state index in [1.54, 1.807) is 31.2 Å². The van der Waals surface area contributed by atoms with Gasteiger partial charge in [0, 0.05) is 22.6 Å². The molecule has 3 rings (SSSR count). The van der Waals surface area contributed by atoms with E-state index in [0.29, 0.717) is 22.1 Å². The molecule has 132 valence electrons. The summed E-state index contributed by atoms with van der Waals surface area (Å²) in [6.45, 7) is 3.21. The molecule has 26 heavy (non-hydrogen) atoms. The van der Waals surface area contributed by atoms with Crippen LogP contribution >= 0.6 is 0 Å². The second-order valence-corrected chi connectivity index (χ2v) is 5.89. The number of para-hydroxylation sites is 1. The van der Waals surface area contributed by atoms with Crippen molar-refractivity contribution >= 4 is 22.6 Å². The summed E-state index contributed by atoms with van der Waals surface area (Å²) >= 11 is 0. The van der Waals surface area contributed by atoms with Gasteiger partial charge in [0.25, 0.3) is 5.69 Å². The number of aryl methyl sites for hydroxylation is 2. The van der Waals surface area contributed by atoms with E-state index >= 15 is 0 Å². The number of fused-ring (bicyclic) bond motifs is 1. The minimum atomic E-state index is -0.825. The molecule has 0 unspecified atom stereocenters. The highest BCUT2D eigenvalue weighted by Gasteiger charge is 2.23. The van der Waals surface area contributed by atoms with E-state index in [9.17, 15) is 19.7 Å². The Balaban J connectivity index is 1.92. The fourth-order valence-corrected chi connectivity index (χ4v) is 2.74. The van der Waals surface area contributed by atoms with E-state index in [1.807, 2.05) is 13.0 Å². The Bertz CT molecular complexity index is 1080. The number of ether oxygens (including phenoxy) is 1. The third-order valence-electron chi connectivity index (χ3n) is 3.98. The number of carbonyl (C=O) groups is 1. The molecule has 0 fully saturated rings. The zero-order chi connectivity index (χ0) is 18.8.